The number of aromatic nitrogens is 2. The van der Waals surface area contributed by atoms with E-state index < -0.39 is 0 Å². The lowest BCUT2D eigenvalue weighted by Crippen LogP contribution is -1.99. The van der Waals surface area contributed by atoms with E-state index in [2.05, 4.69) is 56.3 Å². The fraction of sp³-hybridized carbons (Fsp3) is 0.200. The van der Waals surface area contributed by atoms with Gasteiger partial charge in [0.2, 0.25) is 0 Å². The molecule has 2 aromatic heterocycles. The van der Waals surface area contributed by atoms with Crippen molar-refractivity contribution in [1.29, 1.82) is 0 Å². The summed E-state index contributed by atoms with van der Waals surface area (Å²) in [5, 5.41) is 4.28. The van der Waals surface area contributed by atoms with Crippen LogP contribution < -0.4 is 5.32 Å². The molecule has 0 aliphatic heterocycles. The van der Waals surface area contributed by atoms with Gasteiger partial charge in [0.15, 0.2) is 0 Å². The molecule has 0 saturated carbocycles. The maximum atomic E-state index is 4.67. The number of anilines is 1. The van der Waals surface area contributed by atoms with Crippen LogP contribution in [0.3, 0.4) is 0 Å². The first kappa shape index (κ1) is 14.8. The first-order valence-corrected chi connectivity index (χ1v) is 9.08. The minimum atomic E-state index is 0.767. The molecular weight excluding hydrogens is 366 g/mol. The Bertz CT molecular complexity index is 768. The Balaban J connectivity index is 1.84. The van der Waals surface area contributed by atoms with Crippen LogP contribution in [0.5, 0.6) is 0 Å². The summed E-state index contributed by atoms with van der Waals surface area (Å²) in [6.45, 7) is 2.10. The second kappa shape index (κ2) is 6.34. The van der Waals surface area contributed by atoms with E-state index in [-0.39, 0.29) is 0 Å². The second-order valence-corrected chi connectivity index (χ2v) is 7.76. The predicted octanol–water partition coefficient (Wildman–Crippen LogP) is 5.10. The third-order valence-electron chi connectivity index (χ3n) is 2.98. The average Bonchev–Trinajstić information content (AvgIpc) is 2.86. The van der Waals surface area contributed by atoms with Crippen molar-refractivity contribution in [2.45, 2.75) is 17.6 Å². The molecule has 0 fully saturated rings. The fourth-order valence-electron chi connectivity index (χ4n) is 2.02. The van der Waals surface area contributed by atoms with E-state index in [1.165, 1.54) is 9.77 Å². The minimum Gasteiger partial charge on any atom is -0.372 e. The lowest BCUT2D eigenvalue weighted by atomic mass is 10.3. The number of thiophene rings is 1. The third kappa shape index (κ3) is 3.39. The van der Waals surface area contributed by atoms with Gasteiger partial charge >= 0.3 is 0 Å². The van der Waals surface area contributed by atoms with Gasteiger partial charge in [-0.25, -0.2) is 9.97 Å². The fourth-order valence-corrected chi connectivity index (χ4v) is 3.94. The van der Waals surface area contributed by atoms with E-state index in [1.54, 1.807) is 23.1 Å². The molecule has 0 radical (unpaired) electrons. The van der Waals surface area contributed by atoms with Crippen LogP contribution in [0.25, 0.3) is 10.2 Å². The molecule has 1 aromatic carbocycles. The van der Waals surface area contributed by atoms with Crippen molar-refractivity contribution in [3.63, 3.8) is 0 Å². The number of halogens is 1. The highest BCUT2D eigenvalue weighted by atomic mass is 79.9. The maximum Gasteiger partial charge on any atom is 0.142 e. The van der Waals surface area contributed by atoms with Crippen molar-refractivity contribution in [2.24, 2.45) is 0 Å². The van der Waals surface area contributed by atoms with Crippen LogP contribution in [0.15, 0.2) is 39.7 Å². The van der Waals surface area contributed by atoms with Crippen LogP contribution in [-0.2, 0) is 5.75 Å². The SMILES string of the molecule is CNc1nc(CSc2ccc(Br)cc2)nc2sc(C)cc12. The molecule has 0 unspecified atom stereocenters. The van der Waals surface area contributed by atoms with E-state index in [0.717, 1.165) is 32.1 Å². The molecule has 0 spiro atoms. The molecule has 21 heavy (non-hydrogen) atoms. The molecule has 0 aliphatic carbocycles. The van der Waals surface area contributed by atoms with Crippen molar-refractivity contribution >= 4 is 55.1 Å². The van der Waals surface area contributed by atoms with Gasteiger partial charge in [-0.3, -0.25) is 0 Å². The number of hydrogen-bond acceptors (Lipinski definition) is 5. The quantitative estimate of drug-likeness (QED) is 0.640. The van der Waals surface area contributed by atoms with Gasteiger partial charge in [-0.15, -0.1) is 23.1 Å². The molecule has 6 heteroatoms. The van der Waals surface area contributed by atoms with Crippen molar-refractivity contribution in [3.8, 4) is 0 Å². The molecule has 1 N–H and O–H groups in total. The summed E-state index contributed by atoms with van der Waals surface area (Å²) in [6, 6.07) is 10.4. The Kier molecular flexibility index (Phi) is 4.47. The lowest BCUT2D eigenvalue weighted by Gasteiger charge is -2.05. The minimum absolute atomic E-state index is 0.767. The van der Waals surface area contributed by atoms with Gasteiger partial charge in [-0.1, -0.05) is 15.9 Å². The smallest absolute Gasteiger partial charge is 0.142 e. The Morgan fingerprint density at radius 3 is 2.71 bits per heavy atom. The van der Waals surface area contributed by atoms with Crippen molar-refractivity contribution in [2.75, 3.05) is 12.4 Å². The van der Waals surface area contributed by atoms with Gasteiger partial charge in [-0.2, -0.15) is 0 Å². The topological polar surface area (TPSA) is 37.8 Å². The summed E-state index contributed by atoms with van der Waals surface area (Å²) in [4.78, 5) is 12.8. The van der Waals surface area contributed by atoms with Crippen LogP contribution in [0.4, 0.5) is 5.82 Å². The first-order valence-electron chi connectivity index (χ1n) is 6.49. The van der Waals surface area contributed by atoms with Gasteiger partial charge in [-0.05, 0) is 37.3 Å². The molecule has 2 heterocycles. The highest BCUT2D eigenvalue weighted by molar-refractivity contribution is 9.10. The number of rotatable bonds is 4. The monoisotopic (exact) mass is 379 g/mol. The van der Waals surface area contributed by atoms with Crippen LogP contribution in [0.1, 0.15) is 10.7 Å². The highest BCUT2D eigenvalue weighted by Crippen LogP contribution is 2.30. The summed E-state index contributed by atoms with van der Waals surface area (Å²) in [5.41, 5.74) is 0. The summed E-state index contributed by atoms with van der Waals surface area (Å²) in [7, 11) is 1.90. The Morgan fingerprint density at radius 2 is 2.00 bits per heavy atom. The molecule has 0 aliphatic rings. The van der Waals surface area contributed by atoms with Crippen molar-refractivity contribution in [1.82, 2.24) is 9.97 Å². The molecule has 0 atom stereocenters. The standard InChI is InChI=1S/C15H14BrN3S2/c1-9-7-12-14(17-2)18-13(19-15(12)21-9)8-20-11-5-3-10(16)4-6-11/h3-7H,8H2,1-2H3,(H,17,18,19). The number of aryl methyl sites for hydroxylation is 1. The molecule has 0 saturated heterocycles. The molecule has 3 rings (SSSR count). The first-order chi connectivity index (χ1) is 10.2. The second-order valence-electron chi connectivity index (χ2n) is 4.56. The van der Waals surface area contributed by atoms with Gasteiger partial charge in [0, 0.05) is 21.3 Å². The van der Waals surface area contributed by atoms with Crippen LogP contribution in [0.2, 0.25) is 0 Å². The molecule has 0 bridgehead atoms. The zero-order chi connectivity index (χ0) is 14.8. The number of benzene rings is 1. The summed E-state index contributed by atoms with van der Waals surface area (Å²) in [6.07, 6.45) is 0. The maximum absolute atomic E-state index is 4.67. The van der Waals surface area contributed by atoms with E-state index in [0.29, 0.717) is 0 Å². The van der Waals surface area contributed by atoms with Crippen LogP contribution >= 0.6 is 39.0 Å². The number of fused-ring (bicyclic) bond motifs is 1. The largest absolute Gasteiger partial charge is 0.372 e. The van der Waals surface area contributed by atoms with E-state index >= 15 is 0 Å². The van der Waals surface area contributed by atoms with Gasteiger partial charge < -0.3 is 5.32 Å². The van der Waals surface area contributed by atoms with E-state index in [4.69, 9.17) is 0 Å². The summed E-state index contributed by atoms with van der Waals surface area (Å²) >= 11 is 6.91. The van der Waals surface area contributed by atoms with E-state index in [9.17, 15) is 0 Å². The van der Waals surface area contributed by atoms with Crippen LogP contribution in [0, 0.1) is 6.92 Å². The molecule has 3 aromatic rings. The number of nitrogens with one attached hydrogen (secondary N) is 1. The van der Waals surface area contributed by atoms with Crippen molar-refractivity contribution < 1.29 is 0 Å². The zero-order valence-electron chi connectivity index (χ0n) is 11.7. The summed E-state index contributed by atoms with van der Waals surface area (Å²) in [5.74, 6) is 2.54. The molecular formula is C15H14BrN3S2. The van der Waals surface area contributed by atoms with Crippen molar-refractivity contribution in [3.05, 3.63) is 45.5 Å². The van der Waals surface area contributed by atoms with Gasteiger partial charge in [0.1, 0.15) is 16.5 Å². The number of thioether (sulfide) groups is 1. The van der Waals surface area contributed by atoms with Gasteiger partial charge in [0.25, 0.3) is 0 Å². The zero-order valence-corrected chi connectivity index (χ0v) is 14.9. The predicted molar refractivity (Wildman–Crippen MR) is 95.4 cm³/mol. The molecule has 0 amide bonds. The number of hydrogen-bond donors (Lipinski definition) is 1. The lowest BCUT2D eigenvalue weighted by molar-refractivity contribution is 1.07. The highest BCUT2D eigenvalue weighted by Gasteiger charge is 2.09. The normalized spacial score (nSPS) is 11.0. The molecule has 108 valence electrons. The molecule has 3 nitrogen and oxygen atoms in total. The Morgan fingerprint density at radius 1 is 1.24 bits per heavy atom. The number of nitrogens with zero attached hydrogens (tertiary/aromatic N) is 2. The Labute approximate surface area is 140 Å². The third-order valence-corrected chi connectivity index (χ3v) is 5.46. The average molecular weight is 380 g/mol. The Hall–Kier alpha value is -1.11. The van der Waals surface area contributed by atoms with Crippen LogP contribution in [-0.4, -0.2) is 17.0 Å². The summed E-state index contributed by atoms with van der Waals surface area (Å²) < 4.78 is 1.09. The van der Waals surface area contributed by atoms with E-state index in [1.807, 2.05) is 19.2 Å². The van der Waals surface area contributed by atoms with Gasteiger partial charge in [0.05, 0.1) is 11.1 Å².